The average molecular weight is 365 g/mol. The zero-order chi connectivity index (χ0) is 19.0. The van der Waals surface area contributed by atoms with Crippen molar-refractivity contribution < 1.29 is 24.3 Å². The highest BCUT2D eigenvalue weighted by Gasteiger charge is 2.33. The van der Waals surface area contributed by atoms with Crippen molar-refractivity contribution in [1.82, 2.24) is 0 Å². The summed E-state index contributed by atoms with van der Waals surface area (Å²) in [5.74, 6) is 1.28. The first-order chi connectivity index (χ1) is 13.1. The van der Waals surface area contributed by atoms with Gasteiger partial charge in [-0.15, -0.1) is 0 Å². The summed E-state index contributed by atoms with van der Waals surface area (Å²) in [6.45, 7) is 4.53. The minimum Gasteiger partial charge on any atom is -0.872 e. The Labute approximate surface area is 158 Å². The lowest BCUT2D eigenvalue weighted by atomic mass is 9.99. The van der Waals surface area contributed by atoms with E-state index in [2.05, 4.69) is 0 Å². The van der Waals surface area contributed by atoms with Gasteiger partial charge >= 0.3 is 0 Å². The Kier molecular flexibility index (Phi) is 4.62. The summed E-state index contributed by atoms with van der Waals surface area (Å²) in [7, 11) is 1.61. The number of hydrogen-bond acceptors (Lipinski definition) is 4. The molecule has 0 saturated carbocycles. The molecule has 1 N–H and O–H groups in total. The third-order valence-corrected chi connectivity index (χ3v) is 5.35. The van der Waals surface area contributed by atoms with Crippen LogP contribution in [-0.2, 0) is 6.54 Å². The molecule has 2 heterocycles. The molecule has 1 saturated heterocycles. The summed E-state index contributed by atoms with van der Waals surface area (Å²) in [6.07, 6.45) is 4.08. The van der Waals surface area contributed by atoms with Gasteiger partial charge in [0.1, 0.15) is 18.0 Å². The molecular formula is C22H23NO4. The van der Waals surface area contributed by atoms with E-state index in [4.69, 9.17) is 9.47 Å². The standard InChI is InChI=1S/C22H23NO4/c1-14-11-18(24)17(13-23-9-3-4-10-23)22-20(14)21(25)19(27-22)12-15-5-7-16(26-2)8-6-15/h5-8,11-12,24H,3-4,9-10,13H2,1-2H3. The maximum Gasteiger partial charge on any atom is 0.232 e. The highest BCUT2D eigenvalue weighted by atomic mass is 16.5. The predicted octanol–water partition coefficient (Wildman–Crippen LogP) is 1.87. The lowest BCUT2D eigenvalue weighted by Gasteiger charge is -2.20. The molecule has 2 aliphatic rings. The molecule has 27 heavy (non-hydrogen) atoms. The molecule has 4 rings (SSSR count). The molecule has 0 aromatic heterocycles. The third kappa shape index (κ3) is 3.30. The molecule has 0 atom stereocenters. The molecule has 1 fully saturated rings. The fourth-order valence-corrected chi connectivity index (χ4v) is 3.89. The minimum absolute atomic E-state index is 0.0378. The zero-order valence-electron chi connectivity index (χ0n) is 15.6. The first-order valence-electron chi connectivity index (χ1n) is 9.32. The van der Waals surface area contributed by atoms with Gasteiger partial charge in [0.15, 0.2) is 5.76 Å². The summed E-state index contributed by atoms with van der Waals surface area (Å²) in [5.41, 5.74) is 2.68. The number of benzene rings is 2. The van der Waals surface area contributed by atoms with Crippen LogP contribution in [0.2, 0.25) is 0 Å². The molecule has 0 aliphatic carbocycles. The normalized spacial score (nSPS) is 18.0. The first kappa shape index (κ1) is 17.6. The van der Waals surface area contributed by atoms with E-state index in [0.29, 0.717) is 29.0 Å². The largest absolute Gasteiger partial charge is 0.872 e. The fraction of sp³-hybridized carbons (Fsp3) is 0.318. The summed E-state index contributed by atoms with van der Waals surface area (Å²) in [5, 5.41) is 12.6. The van der Waals surface area contributed by atoms with Crippen molar-refractivity contribution in [1.29, 1.82) is 0 Å². The number of nitrogens with one attached hydrogen (secondary N) is 1. The van der Waals surface area contributed by atoms with E-state index in [0.717, 1.165) is 24.4 Å². The molecular weight excluding hydrogens is 342 g/mol. The van der Waals surface area contributed by atoms with Crippen LogP contribution < -0.4 is 19.5 Å². The van der Waals surface area contributed by atoms with Crippen LogP contribution in [0.15, 0.2) is 36.1 Å². The van der Waals surface area contributed by atoms with E-state index in [1.807, 2.05) is 24.3 Å². The Hall–Kier alpha value is -2.79. The van der Waals surface area contributed by atoms with E-state index >= 15 is 0 Å². The van der Waals surface area contributed by atoms with Gasteiger partial charge in [-0.2, -0.15) is 0 Å². The molecule has 0 unspecified atom stereocenters. The van der Waals surface area contributed by atoms with E-state index in [-0.39, 0.29) is 17.3 Å². The van der Waals surface area contributed by atoms with E-state index < -0.39 is 0 Å². The van der Waals surface area contributed by atoms with Gasteiger partial charge in [-0.05, 0) is 36.3 Å². The monoisotopic (exact) mass is 365 g/mol. The molecule has 2 aliphatic heterocycles. The second-order valence-corrected chi connectivity index (χ2v) is 7.22. The molecule has 5 nitrogen and oxygen atoms in total. The first-order valence-corrected chi connectivity index (χ1v) is 9.32. The number of Topliss-reactive ketones (excluding diaryl/α,β-unsaturated/α-hetero) is 1. The Morgan fingerprint density at radius 1 is 1.22 bits per heavy atom. The number of methoxy groups -OCH3 is 1. The van der Waals surface area contributed by atoms with Crippen molar-refractivity contribution in [3.63, 3.8) is 0 Å². The third-order valence-electron chi connectivity index (χ3n) is 5.35. The number of quaternary nitrogens is 1. The highest BCUT2D eigenvalue weighted by Crippen LogP contribution is 2.40. The van der Waals surface area contributed by atoms with Crippen LogP contribution >= 0.6 is 0 Å². The molecule has 0 spiro atoms. The van der Waals surface area contributed by atoms with Crippen molar-refractivity contribution in [2.45, 2.75) is 26.3 Å². The van der Waals surface area contributed by atoms with Crippen molar-refractivity contribution in [3.8, 4) is 17.2 Å². The lowest BCUT2D eigenvalue weighted by Crippen LogP contribution is -3.08. The van der Waals surface area contributed by atoms with Crippen LogP contribution in [0.25, 0.3) is 6.08 Å². The molecule has 140 valence electrons. The Morgan fingerprint density at radius 2 is 1.93 bits per heavy atom. The average Bonchev–Trinajstić information content (AvgIpc) is 3.28. The summed E-state index contributed by atoms with van der Waals surface area (Å²) >= 11 is 0. The van der Waals surface area contributed by atoms with Crippen molar-refractivity contribution >= 4 is 11.9 Å². The van der Waals surface area contributed by atoms with Gasteiger partial charge < -0.3 is 19.5 Å². The fourth-order valence-electron chi connectivity index (χ4n) is 3.89. The van der Waals surface area contributed by atoms with Gasteiger partial charge in [-0.25, -0.2) is 0 Å². The van der Waals surface area contributed by atoms with Crippen molar-refractivity contribution in [2.24, 2.45) is 0 Å². The molecule has 5 heteroatoms. The van der Waals surface area contributed by atoms with Gasteiger partial charge in [0.05, 0.1) is 25.8 Å². The van der Waals surface area contributed by atoms with E-state index in [9.17, 15) is 9.90 Å². The SMILES string of the molecule is COc1ccc(C=C2Oc3c(C[NH+]4CCCC4)c([O-])cc(C)c3C2=O)cc1. The molecule has 2 aromatic rings. The number of carbonyl (C=O) groups excluding carboxylic acids is 1. The molecule has 0 amide bonds. The Morgan fingerprint density at radius 3 is 2.59 bits per heavy atom. The number of ether oxygens (including phenoxy) is 2. The van der Waals surface area contributed by atoms with E-state index in [1.165, 1.54) is 17.7 Å². The Bertz CT molecular complexity index is 909. The smallest absolute Gasteiger partial charge is 0.232 e. The van der Waals surface area contributed by atoms with Crippen LogP contribution in [0, 0.1) is 6.92 Å². The number of fused-ring (bicyclic) bond motifs is 1. The van der Waals surface area contributed by atoms with Gasteiger partial charge in [-0.1, -0.05) is 23.9 Å². The number of hydrogen-bond donors (Lipinski definition) is 1. The number of likely N-dealkylation sites (tertiary alicyclic amines) is 1. The van der Waals surface area contributed by atoms with Crippen molar-refractivity contribution in [3.05, 3.63) is 58.3 Å². The second kappa shape index (κ2) is 7.08. The maximum atomic E-state index is 12.9. The maximum absolute atomic E-state index is 12.9. The quantitative estimate of drug-likeness (QED) is 0.841. The van der Waals surface area contributed by atoms with Gasteiger partial charge in [-0.3, -0.25) is 4.79 Å². The van der Waals surface area contributed by atoms with Crippen LogP contribution in [0.1, 0.15) is 39.9 Å². The summed E-state index contributed by atoms with van der Waals surface area (Å²) < 4.78 is 11.1. The van der Waals surface area contributed by atoms with Gasteiger partial charge in [0.25, 0.3) is 0 Å². The summed E-state index contributed by atoms with van der Waals surface area (Å²) in [4.78, 5) is 14.3. The number of carbonyl (C=O) groups is 1. The van der Waals surface area contributed by atoms with Crippen LogP contribution in [0.5, 0.6) is 17.2 Å². The topological polar surface area (TPSA) is 63.0 Å². The summed E-state index contributed by atoms with van der Waals surface area (Å²) in [6, 6.07) is 8.98. The second-order valence-electron chi connectivity index (χ2n) is 7.22. The lowest BCUT2D eigenvalue weighted by molar-refractivity contribution is -0.901. The molecule has 2 aromatic carbocycles. The van der Waals surface area contributed by atoms with Crippen LogP contribution in [0.4, 0.5) is 0 Å². The Balaban J connectivity index is 1.69. The molecule has 0 radical (unpaired) electrons. The zero-order valence-corrected chi connectivity index (χ0v) is 15.6. The molecule has 0 bridgehead atoms. The van der Waals surface area contributed by atoms with Gasteiger partial charge in [0.2, 0.25) is 5.78 Å². The van der Waals surface area contributed by atoms with Crippen LogP contribution in [0.3, 0.4) is 0 Å². The van der Waals surface area contributed by atoms with Gasteiger partial charge in [0, 0.05) is 18.4 Å². The number of allylic oxidation sites excluding steroid dienone is 1. The number of aryl methyl sites for hydroxylation is 1. The highest BCUT2D eigenvalue weighted by molar-refractivity contribution is 6.15. The minimum atomic E-state index is -0.156. The van der Waals surface area contributed by atoms with E-state index in [1.54, 1.807) is 26.2 Å². The van der Waals surface area contributed by atoms with Crippen molar-refractivity contribution in [2.75, 3.05) is 20.2 Å². The predicted molar refractivity (Wildman–Crippen MR) is 100 cm³/mol. The number of rotatable bonds is 4. The number of ketones is 1. The van der Waals surface area contributed by atoms with Crippen LogP contribution in [-0.4, -0.2) is 26.0 Å².